The molecule has 0 N–H and O–H groups in total. The van der Waals surface area contributed by atoms with Crippen LogP contribution < -0.4 is 0 Å². The van der Waals surface area contributed by atoms with Gasteiger partial charge in [0.25, 0.3) is 0 Å². The van der Waals surface area contributed by atoms with E-state index in [4.69, 9.17) is 0 Å². The molecule has 0 saturated heterocycles. The van der Waals surface area contributed by atoms with Crippen molar-refractivity contribution in [3.8, 4) is 0 Å². The molecule has 0 aliphatic heterocycles. The molecule has 0 unspecified atom stereocenters. The van der Waals surface area contributed by atoms with Gasteiger partial charge in [-0.05, 0) is 63.7 Å². The highest BCUT2D eigenvalue weighted by Gasteiger charge is 2.25. The van der Waals surface area contributed by atoms with Crippen LogP contribution in [0.3, 0.4) is 0 Å². The highest BCUT2D eigenvalue weighted by Crippen LogP contribution is 2.43. The summed E-state index contributed by atoms with van der Waals surface area (Å²) in [7, 11) is 0. The van der Waals surface area contributed by atoms with Crippen LogP contribution in [0, 0.1) is 34.9 Å². The van der Waals surface area contributed by atoms with E-state index in [1.807, 2.05) is 0 Å². The van der Waals surface area contributed by atoms with Gasteiger partial charge in [-0.1, -0.05) is 0 Å². The fourth-order valence-electron chi connectivity index (χ4n) is 1.46. The third-order valence-electron chi connectivity index (χ3n) is 2.62. The number of hydrogen-bond acceptors (Lipinski definition) is 2. The molecule has 24 heavy (non-hydrogen) atoms. The molecule has 0 saturated carbocycles. The van der Waals surface area contributed by atoms with Crippen molar-refractivity contribution >= 4 is 75.1 Å². The second-order valence-electron chi connectivity index (χ2n) is 4.04. The van der Waals surface area contributed by atoms with Crippen LogP contribution in [0.2, 0.25) is 0 Å². The first-order valence-corrected chi connectivity index (χ1v) is 8.71. The van der Waals surface area contributed by atoms with Gasteiger partial charge in [0.15, 0.2) is 34.9 Å². The molecule has 0 aliphatic rings. The third-order valence-corrected chi connectivity index (χ3v) is 5.52. The van der Waals surface area contributed by atoms with Crippen molar-refractivity contribution in [1.29, 1.82) is 0 Å². The van der Waals surface area contributed by atoms with Crippen molar-refractivity contribution in [3.63, 3.8) is 0 Å². The Morgan fingerprint density at radius 1 is 0.417 bits per heavy atom. The van der Waals surface area contributed by atoms with Crippen molar-refractivity contribution in [3.05, 3.63) is 52.8 Å². The van der Waals surface area contributed by atoms with Gasteiger partial charge in [-0.3, -0.25) is 0 Å². The van der Waals surface area contributed by atoms with Gasteiger partial charge in [0.05, 0.1) is 17.9 Å². The molecule has 0 amide bonds. The average Bonchev–Trinajstić information content (AvgIpc) is 2.57. The summed E-state index contributed by atoms with van der Waals surface area (Å²) in [5.41, 5.74) is -1.04. The van der Waals surface area contributed by atoms with Crippen molar-refractivity contribution in [2.24, 2.45) is 10.2 Å². The Labute approximate surface area is 163 Å². The number of hydrogen-bond donors (Lipinski definition) is 0. The summed E-state index contributed by atoms with van der Waals surface area (Å²) in [6.45, 7) is 0. The van der Waals surface area contributed by atoms with E-state index in [-0.39, 0.29) is 0 Å². The standard InChI is InChI=1S/C12Br4F6N2/c13-1-5(17)9(21)6(18)2(14)11(1)23-24-12-3(15)7(19)10(22)8(20)4(12)16. The minimum Gasteiger partial charge on any atom is -0.202 e. The lowest BCUT2D eigenvalue weighted by Gasteiger charge is -2.07. The van der Waals surface area contributed by atoms with Gasteiger partial charge in [-0.15, -0.1) is 10.2 Å². The molecule has 0 bridgehead atoms. The lowest BCUT2D eigenvalue weighted by Crippen LogP contribution is -1.95. The summed E-state index contributed by atoms with van der Waals surface area (Å²) in [6, 6.07) is 0. The monoisotopic (exact) mass is 602 g/mol. The molecule has 0 heterocycles. The molecule has 12 heteroatoms. The third kappa shape index (κ3) is 3.29. The molecular formula is C12Br4F6N2. The van der Waals surface area contributed by atoms with Crippen molar-refractivity contribution in [1.82, 2.24) is 0 Å². The zero-order valence-corrected chi connectivity index (χ0v) is 17.0. The molecule has 2 aromatic rings. The van der Waals surface area contributed by atoms with Gasteiger partial charge in [-0.25, -0.2) is 26.3 Å². The maximum absolute atomic E-state index is 13.5. The fraction of sp³-hybridized carbons (Fsp3) is 0. The number of benzene rings is 2. The molecule has 0 spiro atoms. The van der Waals surface area contributed by atoms with Crippen molar-refractivity contribution < 1.29 is 26.3 Å². The summed E-state index contributed by atoms with van der Waals surface area (Å²) in [5.74, 6) is -9.79. The van der Waals surface area contributed by atoms with E-state index >= 15 is 0 Å². The Morgan fingerprint density at radius 3 is 0.833 bits per heavy atom. The van der Waals surface area contributed by atoms with E-state index in [1.165, 1.54) is 0 Å². The Morgan fingerprint density at radius 2 is 0.625 bits per heavy atom. The van der Waals surface area contributed by atoms with Gasteiger partial charge in [0.1, 0.15) is 11.4 Å². The molecular weight excluding hydrogens is 606 g/mol. The van der Waals surface area contributed by atoms with E-state index in [9.17, 15) is 26.3 Å². The van der Waals surface area contributed by atoms with Crippen LogP contribution in [0.5, 0.6) is 0 Å². The van der Waals surface area contributed by atoms with Gasteiger partial charge in [0, 0.05) is 0 Å². The molecule has 2 aromatic carbocycles. The Bertz CT molecular complexity index is 757. The smallest absolute Gasteiger partial charge is 0.196 e. The maximum atomic E-state index is 13.5. The summed E-state index contributed by atoms with van der Waals surface area (Å²) in [5, 5.41) is 6.88. The number of halogens is 10. The first-order valence-electron chi connectivity index (χ1n) is 5.54. The summed E-state index contributed by atoms with van der Waals surface area (Å²) >= 11 is 10.7. The summed E-state index contributed by atoms with van der Waals surface area (Å²) in [6.07, 6.45) is 0. The fourth-order valence-corrected chi connectivity index (χ4v) is 3.80. The molecule has 0 atom stereocenters. The second kappa shape index (κ2) is 7.42. The van der Waals surface area contributed by atoms with Crippen LogP contribution in [-0.2, 0) is 0 Å². The number of nitrogens with zero attached hydrogens (tertiary/aromatic N) is 2. The maximum Gasteiger partial charge on any atom is 0.196 e. The minimum absolute atomic E-state index is 0.518. The Hall–Kier alpha value is -0.460. The van der Waals surface area contributed by atoms with Gasteiger partial charge < -0.3 is 0 Å². The van der Waals surface area contributed by atoms with Crippen LogP contribution in [0.15, 0.2) is 28.1 Å². The van der Waals surface area contributed by atoms with Gasteiger partial charge >= 0.3 is 0 Å². The molecule has 128 valence electrons. The lowest BCUT2D eigenvalue weighted by atomic mass is 10.3. The first kappa shape index (κ1) is 19.9. The minimum atomic E-state index is -1.76. The molecule has 2 nitrogen and oxygen atoms in total. The van der Waals surface area contributed by atoms with E-state index in [1.54, 1.807) is 0 Å². The van der Waals surface area contributed by atoms with Crippen LogP contribution >= 0.6 is 63.7 Å². The second-order valence-corrected chi connectivity index (χ2v) is 7.21. The van der Waals surface area contributed by atoms with E-state index in [2.05, 4.69) is 73.9 Å². The molecule has 0 radical (unpaired) electrons. The predicted molar refractivity (Wildman–Crippen MR) is 87.6 cm³/mol. The summed E-state index contributed by atoms with van der Waals surface area (Å²) < 4.78 is 78.3. The first-order chi connectivity index (χ1) is 11.1. The van der Waals surface area contributed by atoms with Crippen molar-refractivity contribution in [2.45, 2.75) is 0 Å². The van der Waals surface area contributed by atoms with Gasteiger partial charge in [0.2, 0.25) is 0 Å². The van der Waals surface area contributed by atoms with E-state index in [0.717, 1.165) is 0 Å². The number of azo groups is 1. The van der Waals surface area contributed by atoms with Crippen LogP contribution in [0.25, 0.3) is 0 Å². The topological polar surface area (TPSA) is 24.7 Å². The van der Waals surface area contributed by atoms with Crippen molar-refractivity contribution in [2.75, 3.05) is 0 Å². The van der Waals surface area contributed by atoms with Crippen LogP contribution in [0.4, 0.5) is 37.7 Å². The Balaban J connectivity index is 2.67. The predicted octanol–water partition coefficient (Wildman–Crippen LogP) is 7.99. The van der Waals surface area contributed by atoms with Crippen LogP contribution in [0.1, 0.15) is 0 Å². The zero-order chi connectivity index (χ0) is 18.3. The van der Waals surface area contributed by atoms with Crippen LogP contribution in [-0.4, -0.2) is 0 Å². The Kier molecular flexibility index (Phi) is 6.14. The quantitative estimate of drug-likeness (QED) is 0.144. The molecule has 0 fully saturated rings. The normalized spacial score (nSPS) is 11.6. The summed E-state index contributed by atoms with van der Waals surface area (Å²) in [4.78, 5) is 0. The molecule has 0 aliphatic carbocycles. The highest BCUT2D eigenvalue weighted by molar-refractivity contribution is 9.11. The number of rotatable bonds is 2. The van der Waals surface area contributed by atoms with E-state index in [0.29, 0.717) is 0 Å². The SMILES string of the molecule is Fc1c(F)c(Br)c(N=Nc2c(Br)c(F)c(F)c(F)c2Br)c(Br)c1F. The lowest BCUT2D eigenvalue weighted by molar-refractivity contribution is 0.441. The molecule has 0 aromatic heterocycles. The van der Waals surface area contributed by atoms with Gasteiger partial charge in [-0.2, -0.15) is 0 Å². The van der Waals surface area contributed by atoms with E-state index < -0.39 is 64.2 Å². The zero-order valence-electron chi connectivity index (χ0n) is 10.7. The largest absolute Gasteiger partial charge is 0.202 e. The highest BCUT2D eigenvalue weighted by atomic mass is 79.9. The average molecular weight is 606 g/mol. The molecule has 2 rings (SSSR count).